The second-order valence-electron chi connectivity index (χ2n) is 6.50. The van der Waals surface area contributed by atoms with E-state index in [9.17, 15) is 4.79 Å². The number of carbonyl (C=O) groups excluding carboxylic acids is 1. The summed E-state index contributed by atoms with van der Waals surface area (Å²) in [6, 6.07) is 15.5. The van der Waals surface area contributed by atoms with Gasteiger partial charge in [0.1, 0.15) is 5.75 Å². The molecule has 0 heterocycles. The van der Waals surface area contributed by atoms with Gasteiger partial charge in [-0.15, -0.1) is 0 Å². The number of carbonyl (C=O) groups is 1. The second-order valence-corrected chi connectivity index (χ2v) is 6.50. The van der Waals surface area contributed by atoms with Gasteiger partial charge in [-0.2, -0.15) is 0 Å². The van der Waals surface area contributed by atoms with Crippen LogP contribution in [0.2, 0.25) is 0 Å². The zero-order valence-corrected chi connectivity index (χ0v) is 16.1. The van der Waals surface area contributed by atoms with E-state index in [-0.39, 0.29) is 12.1 Å². The minimum absolute atomic E-state index is 0.0655. The van der Waals surface area contributed by atoms with Crippen molar-refractivity contribution in [2.24, 2.45) is 0 Å². The lowest BCUT2D eigenvalue weighted by atomic mass is 10.1. The average molecular weight is 356 g/mol. The molecule has 2 N–H and O–H groups in total. The first-order valence-corrected chi connectivity index (χ1v) is 8.54. The molecular formula is C20H28N4O2. The van der Waals surface area contributed by atoms with Crippen molar-refractivity contribution in [2.45, 2.75) is 6.04 Å². The number of urea groups is 1. The van der Waals surface area contributed by atoms with Crippen molar-refractivity contribution in [2.75, 3.05) is 52.1 Å². The molecule has 0 aliphatic heterocycles. The highest BCUT2D eigenvalue weighted by Gasteiger charge is 2.16. The summed E-state index contributed by atoms with van der Waals surface area (Å²) in [5, 5.41) is 5.89. The second kappa shape index (κ2) is 9.10. The largest absolute Gasteiger partial charge is 0.497 e. The molecule has 1 atom stereocenters. The molecule has 0 aliphatic carbocycles. The summed E-state index contributed by atoms with van der Waals surface area (Å²) in [5.41, 5.74) is 2.85. The van der Waals surface area contributed by atoms with Crippen LogP contribution in [0.25, 0.3) is 0 Å². The lowest BCUT2D eigenvalue weighted by Gasteiger charge is -2.25. The third kappa shape index (κ3) is 5.13. The maximum Gasteiger partial charge on any atom is 0.319 e. The van der Waals surface area contributed by atoms with Gasteiger partial charge in [-0.05, 0) is 43.9 Å². The van der Waals surface area contributed by atoms with Gasteiger partial charge in [-0.3, -0.25) is 0 Å². The lowest BCUT2D eigenvalue weighted by molar-refractivity contribution is 0.243. The maximum absolute atomic E-state index is 12.4. The van der Waals surface area contributed by atoms with Gasteiger partial charge in [-0.1, -0.05) is 24.3 Å². The molecule has 0 saturated carbocycles. The lowest BCUT2D eigenvalue weighted by Crippen LogP contribution is -2.37. The smallest absolute Gasteiger partial charge is 0.319 e. The molecule has 0 saturated heterocycles. The van der Waals surface area contributed by atoms with Crippen molar-refractivity contribution in [3.05, 3.63) is 54.1 Å². The van der Waals surface area contributed by atoms with Crippen molar-refractivity contribution in [3.63, 3.8) is 0 Å². The first kappa shape index (κ1) is 19.6. The number of para-hydroxylation sites is 2. The van der Waals surface area contributed by atoms with Crippen LogP contribution in [0.1, 0.15) is 11.6 Å². The van der Waals surface area contributed by atoms with E-state index in [0.717, 1.165) is 22.7 Å². The number of nitrogens with zero attached hydrogens (tertiary/aromatic N) is 2. The first-order chi connectivity index (χ1) is 12.4. The van der Waals surface area contributed by atoms with E-state index in [1.165, 1.54) is 0 Å². The zero-order chi connectivity index (χ0) is 19.1. The Morgan fingerprint density at radius 3 is 2.27 bits per heavy atom. The number of hydrogen-bond acceptors (Lipinski definition) is 4. The molecular weight excluding hydrogens is 328 g/mol. The molecule has 1 unspecified atom stereocenters. The molecule has 0 aliphatic rings. The molecule has 2 aromatic carbocycles. The van der Waals surface area contributed by atoms with E-state index in [2.05, 4.69) is 15.5 Å². The molecule has 0 bridgehead atoms. The highest BCUT2D eigenvalue weighted by molar-refractivity contribution is 5.93. The van der Waals surface area contributed by atoms with Crippen LogP contribution in [0.4, 0.5) is 16.2 Å². The summed E-state index contributed by atoms with van der Waals surface area (Å²) in [6.45, 7) is 0.495. The van der Waals surface area contributed by atoms with Gasteiger partial charge in [0.25, 0.3) is 0 Å². The predicted octanol–water partition coefficient (Wildman–Crippen LogP) is 3.19. The fraction of sp³-hybridized carbons (Fsp3) is 0.350. The van der Waals surface area contributed by atoms with E-state index in [0.29, 0.717) is 6.54 Å². The Balaban J connectivity index is 2.01. The van der Waals surface area contributed by atoms with Gasteiger partial charge in [0.15, 0.2) is 0 Å². The molecule has 0 aromatic heterocycles. The molecule has 26 heavy (non-hydrogen) atoms. The molecule has 2 amide bonds. The summed E-state index contributed by atoms with van der Waals surface area (Å²) in [4.78, 5) is 16.4. The fourth-order valence-corrected chi connectivity index (χ4v) is 2.75. The Bertz CT molecular complexity index is 714. The highest BCUT2D eigenvalue weighted by atomic mass is 16.5. The van der Waals surface area contributed by atoms with Crippen LogP contribution in [-0.2, 0) is 0 Å². The van der Waals surface area contributed by atoms with E-state index in [1.54, 1.807) is 7.11 Å². The van der Waals surface area contributed by atoms with Gasteiger partial charge in [-0.25, -0.2) is 4.79 Å². The summed E-state index contributed by atoms with van der Waals surface area (Å²) in [7, 11) is 9.54. The van der Waals surface area contributed by atoms with Crippen molar-refractivity contribution in [3.8, 4) is 5.75 Å². The van der Waals surface area contributed by atoms with Crippen molar-refractivity contribution < 1.29 is 9.53 Å². The van der Waals surface area contributed by atoms with Crippen molar-refractivity contribution in [1.82, 2.24) is 10.2 Å². The third-order valence-corrected chi connectivity index (χ3v) is 4.21. The topological polar surface area (TPSA) is 56.8 Å². The SMILES string of the molecule is COc1ccc(C(CNC(=O)Nc2ccccc2N(C)C)N(C)C)cc1. The Kier molecular flexibility index (Phi) is 6.86. The number of likely N-dealkylation sites (N-methyl/N-ethyl adjacent to an activating group) is 1. The van der Waals surface area contributed by atoms with Gasteiger partial charge in [0.05, 0.1) is 24.5 Å². The molecule has 140 valence electrons. The first-order valence-electron chi connectivity index (χ1n) is 8.54. The van der Waals surface area contributed by atoms with Crippen LogP contribution in [0, 0.1) is 0 Å². The van der Waals surface area contributed by atoms with E-state index in [1.807, 2.05) is 81.6 Å². The van der Waals surface area contributed by atoms with E-state index in [4.69, 9.17) is 4.74 Å². The Morgan fingerprint density at radius 2 is 1.69 bits per heavy atom. The van der Waals surface area contributed by atoms with E-state index >= 15 is 0 Å². The van der Waals surface area contributed by atoms with Gasteiger partial charge < -0.3 is 25.2 Å². The average Bonchev–Trinajstić information content (AvgIpc) is 2.62. The number of hydrogen-bond donors (Lipinski definition) is 2. The molecule has 0 fully saturated rings. The monoisotopic (exact) mass is 356 g/mol. The van der Waals surface area contributed by atoms with Crippen molar-refractivity contribution >= 4 is 17.4 Å². The molecule has 6 heteroatoms. The Morgan fingerprint density at radius 1 is 1.04 bits per heavy atom. The minimum Gasteiger partial charge on any atom is -0.497 e. The van der Waals surface area contributed by atoms with Crippen LogP contribution < -0.4 is 20.3 Å². The van der Waals surface area contributed by atoms with Crippen LogP contribution in [0.15, 0.2) is 48.5 Å². The number of rotatable bonds is 7. The van der Waals surface area contributed by atoms with Gasteiger partial charge in [0, 0.05) is 20.6 Å². The number of anilines is 2. The van der Waals surface area contributed by atoms with Crippen LogP contribution in [0.3, 0.4) is 0 Å². The number of ether oxygens (including phenoxy) is 1. The van der Waals surface area contributed by atoms with E-state index < -0.39 is 0 Å². The predicted molar refractivity (Wildman–Crippen MR) is 107 cm³/mol. The molecule has 2 rings (SSSR count). The summed E-state index contributed by atoms with van der Waals surface area (Å²) >= 11 is 0. The summed E-state index contributed by atoms with van der Waals surface area (Å²) in [6.07, 6.45) is 0. The zero-order valence-electron chi connectivity index (χ0n) is 16.1. The van der Waals surface area contributed by atoms with Crippen LogP contribution in [0.5, 0.6) is 5.75 Å². The number of nitrogens with one attached hydrogen (secondary N) is 2. The molecule has 2 aromatic rings. The maximum atomic E-state index is 12.4. The van der Waals surface area contributed by atoms with Gasteiger partial charge in [0.2, 0.25) is 0 Å². The van der Waals surface area contributed by atoms with Crippen LogP contribution in [-0.4, -0.2) is 52.8 Å². The minimum atomic E-state index is -0.223. The third-order valence-electron chi connectivity index (χ3n) is 4.21. The number of benzene rings is 2. The summed E-state index contributed by atoms with van der Waals surface area (Å²) < 4.78 is 5.21. The summed E-state index contributed by atoms with van der Waals surface area (Å²) in [5.74, 6) is 0.817. The van der Waals surface area contributed by atoms with Crippen LogP contribution >= 0.6 is 0 Å². The number of amides is 2. The van der Waals surface area contributed by atoms with Gasteiger partial charge >= 0.3 is 6.03 Å². The Labute approximate surface area is 155 Å². The number of methoxy groups -OCH3 is 1. The quantitative estimate of drug-likeness (QED) is 0.800. The highest BCUT2D eigenvalue weighted by Crippen LogP contribution is 2.24. The fourth-order valence-electron chi connectivity index (χ4n) is 2.75. The van der Waals surface area contributed by atoms with Crippen molar-refractivity contribution in [1.29, 1.82) is 0 Å². The molecule has 0 radical (unpaired) electrons. The molecule has 0 spiro atoms. The normalized spacial score (nSPS) is 11.8. The molecule has 6 nitrogen and oxygen atoms in total. The Hall–Kier alpha value is -2.73. The standard InChI is InChI=1S/C20H28N4O2/c1-23(2)18-9-7-6-8-17(18)22-20(25)21-14-19(24(3)4)15-10-12-16(26-5)13-11-15/h6-13,19H,14H2,1-5H3,(H2,21,22,25).